The van der Waals surface area contributed by atoms with Gasteiger partial charge in [-0.1, -0.05) is 40.2 Å². The number of hydrogen-bond acceptors (Lipinski definition) is 3. The van der Waals surface area contributed by atoms with E-state index in [4.69, 9.17) is 12.2 Å². The highest BCUT2D eigenvalue weighted by Gasteiger charge is 2.41. The summed E-state index contributed by atoms with van der Waals surface area (Å²) in [5.41, 5.74) is 3.02. The molecule has 0 aliphatic carbocycles. The van der Waals surface area contributed by atoms with Crippen molar-refractivity contribution in [2.75, 3.05) is 11.9 Å². The van der Waals surface area contributed by atoms with E-state index in [0.29, 0.717) is 11.7 Å². The minimum absolute atomic E-state index is 0.138. The summed E-state index contributed by atoms with van der Waals surface area (Å²) in [6.07, 6.45) is 3.91. The number of aromatic nitrogens is 2. The third kappa shape index (κ3) is 5.03. The van der Waals surface area contributed by atoms with Crippen molar-refractivity contribution in [2.45, 2.75) is 18.5 Å². The summed E-state index contributed by atoms with van der Waals surface area (Å²) >= 11 is 9.29. The second-order valence-corrected chi connectivity index (χ2v) is 9.68. The number of anilines is 1. The van der Waals surface area contributed by atoms with E-state index >= 15 is 0 Å². The average molecular weight is 564 g/mol. The molecule has 1 aliphatic rings. The highest BCUT2D eigenvalue weighted by atomic mass is 79.9. The summed E-state index contributed by atoms with van der Waals surface area (Å²) in [5, 5.41) is 6.61. The number of carbonyl (C=O) groups excluding carboxylic acids is 1. The second kappa shape index (κ2) is 10.6. The van der Waals surface area contributed by atoms with E-state index in [9.17, 15) is 9.18 Å². The van der Waals surface area contributed by atoms with Crippen LogP contribution in [0.1, 0.15) is 29.9 Å². The minimum Gasteiger partial charge on any atom is -0.352 e. The van der Waals surface area contributed by atoms with Gasteiger partial charge in [0.05, 0.1) is 23.5 Å². The molecule has 182 valence electrons. The summed E-state index contributed by atoms with van der Waals surface area (Å²) in [5.74, 6) is -0.755. The molecule has 0 radical (unpaired) electrons. The summed E-state index contributed by atoms with van der Waals surface area (Å²) in [4.78, 5) is 19.3. The van der Waals surface area contributed by atoms with Crippen molar-refractivity contribution in [3.8, 4) is 5.69 Å². The first-order valence-corrected chi connectivity index (χ1v) is 12.7. The Morgan fingerprint density at radius 2 is 1.92 bits per heavy atom. The van der Waals surface area contributed by atoms with Gasteiger partial charge in [0.2, 0.25) is 5.91 Å². The Hall–Kier alpha value is -3.56. The van der Waals surface area contributed by atoms with Crippen LogP contribution in [-0.4, -0.2) is 32.0 Å². The molecule has 1 saturated heterocycles. The Balaban J connectivity index is 1.45. The molecule has 0 spiro atoms. The molecule has 2 aromatic heterocycles. The van der Waals surface area contributed by atoms with Crippen LogP contribution in [0.3, 0.4) is 0 Å². The highest BCUT2D eigenvalue weighted by molar-refractivity contribution is 9.10. The van der Waals surface area contributed by atoms with Crippen molar-refractivity contribution < 1.29 is 9.18 Å². The molecule has 2 aromatic carbocycles. The standard InChI is InChI=1S/C27H23BrFN5OS/c28-18-7-5-8-19(17-18)33-15-6-12-23(33)26-25(22-11-3-4-14-30-22)32-27(36)34(26)16-13-24(35)31-21-10-2-1-9-20(21)29/h1-12,14-15,17,25-26H,13,16H2,(H,31,35)(H,32,36)/t25-,26-/m0/s1. The van der Waals surface area contributed by atoms with Crippen LogP contribution in [0.2, 0.25) is 0 Å². The van der Waals surface area contributed by atoms with Crippen LogP contribution in [0.15, 0.2) is 95.7 Å². The van der Waals surface area contributed by atoms with E-state index in [1.807, 2.05) is 59.6 Å². The lowest BCUT2D eigenvalue weighted by atomic mass is 10.0. The molecule has 2 atom stereocenters. The largest absolute Gasteiger partial charge is 0.352 e. The van der Waals surface area contributed by atoms with Gasteiger partial charge < -0.3 is 20.1 Å². The van der Waals surface area contributed by atoms with Crippen LogP contribution < -0.4 is 10.6 Å². The fraction of sp³-hybridized carbons (Fsp3) is 0.148. The molecule has 9 heteroatoms. The summed E-state index contributed by atoms with van der Waals surface area (Å²) in [6, 6.07) is 23.6. The maximum atomic E-state index is 14.0. The van der Waals surface area contributed by atoms with Crippen LogP contribution >= 0.6 is 28.1 Å². The smallest absolute Gasteiger partial charge is 0.226 e. The van der Waals surface area contributed by atoms with E-state index in [0.717, 1.165) is 21.5 Å². The molecule has 2 N–H and O–H groups in total. The Morgan fingerprint density at radius 1 is 1.08 bits per heavy atom. The van der Waals surface area contributed by atoms with Gasteiger partial charge in [0, 0.05) is 41.2 Å². The van der Waals surface area contributed by atoms with Gasteiger partial charge in [0.15, 0.2) is 5.11 Å². The number of carbonyl (C=O) groups is 1. The van der Waals surface area contributed by atoms with Gasteiger partial charge in [0.1, 0.15) is 5.82 Å². The molecule has 0 unspecified atom stereocenters. The predicted molar refractivity (Wildman–Crippen MR) is 145 cm³/mol. The Bertz CT molecular complexity index is 1400. The SMILES string of the molecule is O=C(CCN1C(=S)N[C@@H](c2ccccn2)[C@@H]1c1cccn1-c1cccc(Br)c1)Nc1ccccc1F. The molecule has 1 aliphatic heterocycles. The molecule has 3 heterocycles. The van der Waals surface area contributed by atoms with Crippen LogP contribution in [0.4, 0.5) is 10.1 Å². The lowest BCUT2D eigenvalue weighted by molar-refractivity contribution is -0.116. The van der Waals surface area contributed by atoms with E-state index in [1.54, 1.807) is 24.4 Å². The lowest BCUT2D eigenvalue weighted by Gasteiger charge is -2.29. The Morgan fingerprint density at radius 3 is 2.69 bits per heavy atom. The zero-order valence-electron chi connectivity index (χ0n) is 19.1. The van der Waals surface area contributed by atoms with Crippen molar-refractivity contribution in [1.82, 2.24) is 19.8 Å². The molecular weight excluding hydrogens is 541 g/mol. The first-order valence-electron chi connectivity index (χ1n) is 11.5. The molecular formula is C27H23BrFN5OS. The van der Waals surface area contributed by atoms with Crippen molar-refractivity contribution in [2.24, 2.45) is 0 Å². The normalized spacial score (nSPS) is 17.2. The van der Waals surface area contributed by atoms with Crippen molar-refractivity contribution in [1.29, 1.82) is 0 Å². The number of benzene rings is 2. The van der Waals surface area contributed by atoms with Crippen LogP contribution in [0, 0.1) is 5.82 Å². The molecule has 5 rings (SSSR count). The third-order valence-electron chi connectivity index (χ3n) is 6.10. The first kappa shape index (κ1) is 24.1. The molecule has 1 amide bonds. The number of halogens is 2. The number of nitrogens with one attached hydrogen (secondary N) is 2. The second-order valence-electron chi connectivity index (χ2n) is 8.38. The summed E-state index contributed by atoms with van der Waals surface area (Å²) in [7, 11) is 0. The van der Waals surface area contributed by atoms with E-state index in [1.165, 1.54) is 6.07 Å². The third-order valence-corrected chi connectivity index (χ3v) is 6.94. The number of amides is 1. The fourth-order valence-electron chi connectivity index (χ4n) is 4.46. The van der Waals surface area contributed by atoms with E-state index in [2.05, 4.69) is 42.2 Å². The fourth-order valence-corrected chi connectivity index (χ4v) is 5.18. The van der Waals surface area contributed by atoms with Crippen LogP contribution in [-0.2, 0) is 4.79 Å². The van der Waals surface area contributed by atoms with Crippen LogP contribution in [0.5, 0.6) is 0 Å². The van der Waals surface area contributed by atoms with Gasteiger partial charge in [-0.2, -0.15) is 0 Å². The topological polar surface area (TPSA) is 62.2 Å². The Labute approximate surface area is 222 Å². The number of nitrogens with zero attached hydrogens (tertiary/aromatic N) is 3. The zero-order chi connectivity index (χ0) is 25.1. The maximum absolute atomic E-state index is 14.0. The molecule has 4 aromatic rings. The van der Waals surface area contributed by atoms with E-state index in [-0.39, 0.29) is 30.1 Å². The zero-order valence-corrected chi connectivity index (χ0v) is 21.5. The average Bonchev–Trinajstić information content (AvgIpc) is 3.49. The summed E-state index contributed by atoms with van der Waals surface area (Å²) < 4.78 is 17.1. The first-order chi connectivity index (χ1) is 17.5. The van der Waals surface area contributed by atoms with Crippen molar-refractivity contribution in [3.63, 3.8) is 0 Å². The highest BCUT2D eigenvalue weighted by Crippen LogP contribution is 2.39. The number of thiocarbonyl (C=S) groups is 1. The van der Waals surface area contributed by atoms with Gasteiger partial charge in [-0.15, -0.1) is 0 Å². The molecule has 0 saturated carbocycles. The monoisotopic (exact) mass is 563 g/mol. The van der Waals surface area contributed by atoms with Gasteiger partial charge >= 0.3 is 0 Å². The number of pyridine rings is 1. The predicted octanol–water partition coefficient (Wildman–Crippen LogP) is 5.78. The minimum atomic E-state index is -0.468. The molecule has 1 fully saturated rings. The van der Waals surface area contributed by atoms with Gasteiger partial charge in [-0.25, -0.2) is 4.39 Å². The number of para-hydroxylation sites is 1. The van der Waals surface area contributed by atoms with Crippen molar-refractivity contribution in [3.05, 3.63) is 113 Å². The maximum Gasteiger partial charge on any atom is 0.226 e. The van der Waals surface area contributed by atoms with Gasteiger partial charge in [-0.3, -0.25) is 9.78 Å². The number of rotatable bonds is 7. The van der Waals surface area contributed by atoms with Gasteiger partial charge in [-0.05, 0) is 66.8 Å². The Kier molecular flexibility index (Phi) is 7.11. The quantitative estimate of drug-likeness (QED) is 0.279. The molecule has 6 nitrogen and oxygen atoms in total. The number of hydrogen-bond donors (Lipinski definition) is 2. The lowest BCUT2D eigenvalue weighted by Crippen LogP contribution is -2.33. The van der Waals surface area contributed by atoms with Gasteiger partial charge in [0.25, 0.3) is 0 Å². The summed E-state index contributed by atoms with van der Waals surface area (Å²) in [6.45, 7) is 0.351. The molecule has 36 heavy (non-hydrogen) atoms. The molecule has 0 bridgehead atoms. The van der Waals surface area contributed by atoms with Crippen molar-refractivity contribution >= 4 is 44.9 Å². The van der Waals surface area contributed by atoms with E-state index < -0.39 is 5.82 Å². The van der Waals surface area contributed by atoms with Crippen LogP contribution in [0.25, 0.3) is 5.69 Å².